The van der Waals surface area contributed by atoms with Crippen molar-refractivity contribution < 1.29 is 19.1 Å². The van der Waals surface area contributed by atoms with Crippen LogP contribution in [0.25, 0.3) is 11.0 Å². The second-order valence-electron chi connectivity index (χ2n) is 10.9. The van der Waals surface area contributed by atoms with Gasteiger partial charge in [-0.2, -0.15) is 0 Å². The molecule has 1 aliphatic rings. The molecule has 6 rings (SSSR count). The Kier molecular flexibility index (Phi) is 8.93. The maximum atomic E-state index is 14.3. The van der Waals surface area contributed by atoms with Crippen LogP contribution in [0.15, 0.2) is 103 Å². The molecular formula is C35H34N6O4. The van der Waals surface area contributed by atoms with Crippen LogP contribution in [0.3, 0.4) is 0 Å². The number of anilines is 2. The lowest BCUT2D eigenvalue weighted by atomic mass is 10.0. The van der Waals surface area contributed by atoms with Gasteiger partial charge >= 0.3 is 0 Å². The first-order valence-electron chi connectivity index (χ1n) is 14.9. The van der Waals surface area contributed by atoms with E-state index in [9.17, 15) is 14.4 Å². The molecule has 1 aliphatic heterocycles. The van der Waals surface area contributed by atoms with Crippen LogP contribution in [0.4, 0.5) is 11.4 Å². The number of carbonyl (C=O) groups is 3. The molecule has 1 atom stereocenters. The van der Waals surface area contributed by atoms with Crippen molar-refractivity contribution in [1.29, 1.82) is 0 Å². The molecule has 0 radical (unpaired) electrons. The van der Waals surface area contributed by atoms with Crippen LogP contribution in [-0.4, -0.2) is 58.9 Å². The van der Waals surface area contributed by atoms with Gasteiger partial charge in [0.15, 0.2) is 5.78 Å². The van der Waals surface area contributed by atoms with Gasteiger partial charge in [-0.3, -0.25) is 19.3 Å². The number of aromatic nitrogens is 3. The first-order valence-corrected chi connectivity index (χ1v) is 14.9. The number of ketones is 1. The van der Waals surface area contributed by atoms with Crippen LogP contribution >= 0.6 is 0 Å². The molecule has 45 heavy (non-hydrogen) atoms. The molecule has 1 aromatic heterocycles. The number of nitrogens with zero attached hydrogens (tertiary/aromatic N) is 5. The van der Waals surface area contributed by atoms with E-state index in [1.54, 1.807) is 24.3 Å². The van der Waals surface area contributed by atoms with Gasteiger partial charge in [0.05, 0.1) is 18.7 Å². The van der Waals surface area contributed by atoms with Crippen LogP contribution in [0, 0.1) is 0 Å². The maximum absolute atomic E-state index is 14.3. The molecule has 10 nitrogen and oxygen atoms in total. The van der Waals surface area contributed by atoms with Crippen molar-refractivity contribution in [2.75, 3.05) is 36.1 Å². The molecule has 0 unspecified atom stereocenters. The average Bonchev–Trinajstić information content (AvgIpc) is 3.49. The summed E-state index contributed by atoms with van der Waals surface area (Å²) in [7, 11) is 0. The topological polar surface area (TPSA) is 110 Å². The Labute approximate surface area is 261 Å². The van der Waals surface area contributed by atoms with Crippen molar-refractivity contribution in [3.8, 4) is 0 Å². The molecule has 2 amide bonds. The van der Waals surface area contributed by atoms with Crippen LogP contribution in [-0.2, 0) is 27.4 Å². The van der Waals surface area contributed by atoms with Gasteiger partial charge in [-0.25, -0.2) is 4.68 Å². The molecule has 0 saturated carbocycles. The molecule has 1 N–H and O–H groups in total. The van der Waals surface area contributed by atoms with E-state index in [0.29, 0.717) is 47.6 Å². The molecule has 4 aromatic carbocycles. The first kappa shape index (κ1) is 29.7. The minimum absolute atomic E-state index is 0.0932. The van der Waals surface area contributed by atoms with E-state index >= 15 is 0 Å². The second kappa shape index (κ2) is 13.5. The van der Waals surface area contributed by atoms with Crippen molar-refractivity contribution in [3.05, 3.63) is 120 Å². The van der Waals surface area contributed by atoms with Gasteiger partial charge in [0, 0.05) is 36.6 Å². The third kappa shape index (κ3) is 6.76. The van der Waals surface area contributed by atoms with Gasteiger partial charge in [0.1, 0.15) is 18.1 Å². The van der Waals surface area contributed by atoms with Crippen molar-refractivity contribution in [3.63, 3.8) is 0 Å². The fourth-order valence-electron chi connectivity index (χ4n) is 5.52. The maximum Gasteiger partial charge on any atom is 0.249 e. The van der Waals surface area contributed by atoms with E-state index in [2.05, 4.69) is 20.5 Å². The molecule has 5 aromatic rings. The first-order chi connectivity index (χ1) is 22.0. The molecule has 1 fully saturated rings. The molecule has 0 bridgehead atoms. The average molecular weight is 603 g/mol. The van der Waals surface area contributed by atoms with Gasteiger partial charge in [0.2, 0.25) is 11.8 Å². The number of ether oxygens (including phenoxy) is 1. The number of Topliss-reactive ketones (excluding diaryl/α,β-unsaturated/α-hetero) is 1. The minimum atomic E-state index is -1.02. The van der Waals surface area contributed by atoms with Gasteiger partial charge in [-0.1, -0.05) is 59.8 Å². The van der Waals surface area contributed by atoms with Crippen molar-refractivity contribution in [2.24, 2.45) is 0 Å². The Morgan fingerprint density at radius 3 is 2.27 bits per heavy atom. The van der Waals surface area contributed by atoms with Gasteiger partial charge in [-0.15, -0.1) is 5.10 Å². The van der Waals surface area contributed by atoms with E-state index in [1.165, 1.54) is 16.5 Å². The molecule has 0 spiro atoms. The third-order valence-electron chi connectivity index (χ3n) is 7.93. The Balaban J connectivity index is 1.40. The summed E-state index contributed by atoms with van der Waals surface area (Å²) in [4.78, 5) is 44.3. The quantitative estimate of drug-likeness (QED) is 0.234. The number of amides is 2. The van der Waals surface area contributed by atoms with Crippen LogP contribution in [0.5, 0.6) is 0 Å². The van der Waals surface area contributed by atoms with Gasteiger partial charge < -0.3 is 15.0 Å². The van der Waals surface area contributed by atoms with Gasteiger partial charge in [0.25, 0.3) is 0 Å². The summed E-state index contributed by atoms with van der Waals surface area (Å²) in [6, 6.07) is 30.5. The molecule has 1 saturated heterocycles. The van der Waals surface area contributed by atoms with Gasteiger partial charge in [-0.05, 0) is 66.6 Å². The summed E-state index contributed by atoms with van der Waals surface area (Å²) >= 11 is 0. The number of rotatable bonds is 10. The fourth-order valence-corrected chi connectivity index (χ4v) is 5.52. The predicted octanol–water partition coefficient (Wildman–Crippen LogP) is 4.56. The lowest BCUT2D eigenvalue weighted by Gasteiger charge is -2.32. The zero-order valence-corrected chi connectivity index (χ0v) is 25.0. The van der Waals surface area contributed by atoms with E-state index in [1.807, 2.05) is 78.9 Å². The van der Waals surface area contributed by atoms with Crippen molar-refractivity contribution in [1.82, 2.24) is 20.3 Å². The van der Waals surface area contributed by atoms with Crippen molar-refractivity contribution >= 4 is 40.0 Å². The molecular weight excluding hydrogens is 568 g/mol. The number of benzene rings is 4. The second-order valence-corrected chi connectivity index (χ2v) is 10.9. The number of carbonyl (C=O) groups excluding carboxylic acids is 3. The van der Waals surface area contributed by atoms with E-state index in [4.69, 9.17) is 4.74 Å². The summed E-state index contributed by atoms with van der Waals surface area (Å²) in [5, 5.41) is 11.5. The third-order valence-corrected chi connectivity index (χ3v) is 7.93. The highest BCUT2D eigenvalue weighted by Gasteiger charge is 2.33. The fraction of sp³-hybridized carbons (Fsp3) is 0.229. The smallest absolute Gasteiger partial charge is 0.249 e. The van der Waals surface area contributed by atoms with Crippen LogP contribution < -0.4 is 15.1 Å². The summed E-state index contributed by atoms with van der Waals surface area (Å²) in [6.07, 6.45) is 0. The molecule has 2 heterocycles. The summed E-state index contributed by atoms with van der Waals surface area (Å²) < 4.78 is 7.04. The number of fused-ring (bicyclic) bond motifs is 1. The Morgan fingerprint density at radius 1 is 0.867 bits per heavy atom. The standard InChI is InChI=1S/C35H34N6O4/c1-25(42)27-11-17-30(18-12-27)41(33(43)24-40-32-10-6-5-9-31(32)37-38-40)34(35(44)36-23-26-7-3-2-4-8-26)28-13-15-29(16-14-28)39-19-21-45-22-20-39/h2-18,34H,19-24H2,1H3,(H,36,44)/t34-/m1/s1. The Bertz CT molecular complexity index is 1780. The predicted molar refractivity (Wildman–Crippen MR) is 172 cm³/mol. The monoisotopic (exact) mass is 602 g/mol. The van der Waals surface area contributed by atoms with Crippen LogP contribution in [0.2, 0.25) is 0 Å². The Hall–Kier alpha value is -5.35. The number of para-hydroxylation sites is 1. The number of morpholine rings is 1. The highest BCUT2D eigenvalue weighted by Crippen LogP contribution is 2.31. The number of hydrogen-bond acceptors (Lipinski definition) is 7. The van der Waals surface area contributed by atoms with E-state index in [0.717, 1.165) is 24.3 Å². The summed E-state index contributed by atoms with van der Waals surface area (Å²) in [5.74, 6) is -0.798. The largest absolute Gasteiger partial charge is 0.378 e. The molecule has 228 valence electrons. The number of nitrogens with one attached hydrogen (secondary N) is 1. The molecule has 0 aliphatic carbocycles. The highest BCUT2D eigenvalue weighted by atomic mass is 16.5. The van der Waals surface area contributed by atoms with Crippen LogP contribution in [0.1, 0.15) is 34.5 Å². The molecule has 10 heteroatoms. The highest BCUT2D eigenvalue weighted by molar-refractivity contribution is 6.02. The summed E-state index contributed by atoms with van der Waals surface area (Å²) in [5.41, 5.74) is 4.95. The summed E-state index contributed by atoms with van der Waals surface area (Å²) in [6.45, 7) is 4.50. The SMILES string of the molecule is CC(=O)c1ccc(N(C(=O)Cn2nnc3ccccc32)[C@@H](C(=O)NCc2ccccc2)c2ccc(N3CCOCC3)cc2)cc1. The zero-order chi connectivity index (χ0) is 31.2. The lowest BCUT2D eigenvalue weighted by Crippen LogP contribution is -2.45. The zero-order valence-electron chi connectivity index (χ0n) is 25.0. The van der Waals surface area contributed by atoms with Crippen molar-refractivity contribution in [2.45, 2.75) is 26.1 Å². The van der Waals surface area contributed by atoms with E-state index < -0.39 is 6.04 Å². The Morgan fingerprint density at radius 2 is 1.56 bits per heavy atom. The number of hydrogen-bond donors (Lipinski definition) is 1. The normalized spacial score (nSPS) is 13.8. The minimum Gasteiger partial charge on any atom is -0.378 e. The lowest BCUT2D eigenvalue weighted by molar-refractivity contribution is -0.127. The van der Waals surface area contributed by atoms with E-state index in [-0.39, 0.29) is 24.1 Å².